The molecule has 33 heavy (non-hydrogen) atoms. The van der Waals surface area contributed by atoms with Crippen molar-refractivity contribution in [2.24, 2.45) is 11.7 Å². The van der Waals surface area contributed by atoms with E-state index < -0.39 is 5.91 Å². The van der Waals surface area contributed by atoms with Crippen LogP contribution in [0.2, 0.25) is 0 Å². The molecule has 0 atom stereocenters. The highest BCUT2D eigenvalue weighted by molar-refractivity contribution is 6.05. The van der Waals surface area contributed by atoms with Crippen LogP contribution in [0.4, 0.5) is 5.69 Å². The minimum Gasteiger partial charge on any atom is -0.366 e. The van der Waals surface area contributed by atoms with Gasteiger partial charge in [-0.1, -0.05) is 6.07 Å². The number of nitrogens with two attached hydrogens (primary N) is 1. The van der Waals surface area contributed by atoms with Crippen molar-refractivity contribution >= 4 is 39.6 Å². The predicted octanol–water partition coefficient (Wildman–Crippen LogP) is 3.01. The van der Waals surface area contributed by atoms with E-state index in [-0.39, 0.29) is 11.8 Å². The minimum absolute atomic E-state index is 0.0277. The summed E-state index contributed by atoms with van der Waals surface area (Å²) >= 11 is 0. The Morgan fingerprint density at radius 3 is 2.76 bits per heavy atom. The number of pyridine rings is 2. The number of hydrogen-bond donors (Lipinski definition) is 4. The molecule has 1 saturated carbocycles. The van der Waals surface area contributed by atoms with Gasteiger partial charge in [0, 0.05) is 29.4 Å². The van der Waals surface area contributed by atoms with Gasteiger partial charge in [-0.05, 0) is 37.1 Å². The van der Waals surface area contributed by atoms with Crippen LogP contribution >= 0.6 is 0 Å². The average molecular weight is 438 g/mol. The van der Waals surface area contributed by atoms with Gasteiger partial charge in [0.25, 0.3) is 5.91 Å². The second kappa shape index (κ2) is 7.23. The van der Waals surface area contributed by atoms with Crippen molar-refractivity contribution in [1.82, 2.24) is 30.1 Å². The van der Waals surface area contributed by atoms with Crippen molar-refractivity contribution in [3.05, 3.63) is 54.5 Å². The standard InChI is InChI=1S/C23H18N8O2/c24-20(32)15-2-1-3-17-18(15)29-22(28-17)19-16-7-13(9-26-21(16)31-30-19)12-6-14(10-25-8-12)27-23(33)11-4-5-11/h1-3,6-11H,4-5H2,(H2,24,32)(H,27,33)(H,28,29)(H,26,30,31). The fraction of sp³-hybridized carbons (Fsp3) is 0.130. The van der Waals surface area contributed by atoms with Gasteiger partial charge in [0.2, 0.25) is 5.91 Å². The molecule has 2 amide bonds. The number of H-pyrrole nitrogens is 2. The van der Waals surface area contributed by atoms with Crippen molar-refractivity contribution < 1.29 is 9.59 Å². The zero-order chi connectivity index (χ0) is 22.5. The fourth-order valence-electron chi connectivity index (χ4n) is 3.84. The van der Waals surface area contributed by atoms with E-state index in [1.165, 1.54) is 0 Å². The Morgan fingerprint density at radius 2 is 1.94 bits per heavy atom. The zero-order valence-electron chi connectivity index (χ0n) is 17.3. The van der Waals surface area contributed by atoms with Gasteiger partial charge in [-0.3, -0.25) is 19.7 Å². The summed E-state index contributed by atoms with van der Waals surface area (Å²) < 4.78 is 0. The van der Waals surface area contributed by atoms with Crippen molar-refractivity contribution in [2.45, 2.75) is 12.8 Å². The topological polar surface area (TPSA) is 155 Å². The Kier molecular flexibility index (Phi) is 4.19. The van der Waals surface area contributed by atoms with Gasteiger partial charge in [0.05, 0.1) is 28.4 Å². The first-order chi connectivity index (χ1) is 16.1. The number of para-hydroxylation sites is 1. The lowest BCUT2D eigenvalue weighted by Gasteiger charge is -2.06. The number of carbonyl (C=O) groups excluding carboxylic acids is 2. The van der Waals surface area contributed by atoms with Crippen molar-refractivity contribution in [3.63, 3.8) is 0 Å². The largest absolute Gasteiger partial charge is 0.366 e. The fourth-order valence-corrected chi connectivity index (χ4v) is 3.84. The number of anilines is 1. The molecule has 6 rings (SSSR count). The maximum atomic E-state index is 12.1. The van der Waals surface area contributed by atoms with Crippen molar-refractivity contribution in [2.75, 3.05) is 5.32 Å². The lowest BCUT2D eigenvalue weighted by atomic mass is 10.1. The van der Waals surface area contributed by atoms with Crippen LogP contribution in [0.3, 0.4) is 0 Å². The van der Waals surface area contributed by atoms with E-state index in [1.807, 2.05) is 18.2 Å². The minimum atomic E-state index is -0.546. The molecule has 5 aromatic rings. The predicted molar refractivity (Wildman–Crippen MR) is 122 cm³/mol. The third-order valence-corrected chi connectivity index (χ3v) is 5.71. The number of primary amides is 1. The molecule has 1 aromatic carbocycles. The van der Waals surface area contributed by atoms with Gasteiger partial charge < -0.3 is 16.0 Å². The molecule has 0 aliphatic heterocycles. The summed E-state index contributed by atoms with van der Waals surface area (Å²) in [6, 6.07) is 9.02. The molecule has 1 fully saturated rings. The molecule has 10 heteroatoms. The number of hydrogen-bond acceptors (Lipinski definition) is 6. The summed E-state index contributed by atoms with van der Waals surface area (Å²) in [5, 5.41) is 11.0. The maximum Gasteiger partial charge on any atom is 0.250 e. The number of rotatable bonds is 5. The SMILES string of the molecule is NC(=O)c1cccc2[nH]c(-c3n[nH]c4ncc(-c5cncc(NC(=O)C6CC6)c5)cc34)nc12. The van der Waals surface area contributed by atoms with E-state index in [1.54, 1.807) is 30.7 Å². The highest BCUT2D eigenvalue weighted by atomic mass is 16.2. The Bertz CT molecular complexity index is 1560. The van der Waals surface area contributed by atoms with E-state index in [4.69, 9.17) is 5.73 Å². The molecule has 10 nitrogen and oxygen atoms in total. The molecule has 0 unspecified atom stereocenters. The second-order valence-electron chi connectivity index (χ2n) is 8.07. The number of nitrogens with one attached hydrogen (secondary N) is 3. The number of benzene rings is 1. The lowest BCUT2D eigenvalue weighted by Crippen LogP contribution is -2.13. The average Bonchev–Trinajstić information content (AvgIpc) is 3.45. The number of nitrogens with zero attached hydrogens (tertiary/aromatic N) is 4. The first-order valence-corrected chi connectivity index (χ1v) is 10.5. The number of aromatic amines is 2. The molecule has 0 spiro atoms. The van der Waals surface area contributed by atoms with Crippen LogP contribution in [0.5, 0.6) is 0 Å². The van der Waals surface area contributed by atoms with E-state index in [0.29, 0.717) is 39.4 Å². The molecule has 0 saturated heterocycles. The monoisotopic (exact) mass is 438 g/mol. The van der Waals surface area contributed by atoms with Gasteiger partial charge in [-0.2, -0.15) is 5.10 Å². The Morgan fingerprint density at radius 1 is 1.09 bits per heavy atom. The Labute approximate surface area is 186 Å². The van der Waals surface area contributed by atoms with Gasteiger partial charge >= 0.3 is 0 Å². The lowest BCUT2D eigenvalue weighted by molar-refractivity contribution is -0.117. The summed E-state index contributed by atoms with van der Waals surface area (Å²) in [5.74, 6) is 0.0852. The molecule has 4 aromatic heterocycles. The van der Waals surface area contributed by atoms with Crippen LogP contribution in [0.1, 0.15) is 23.2 Å². The molecular formula is C23H18N8O2. The number of carbonyl (C=O) groups is 2. The van der Waals surface area contributed by atoms with Gasteiger partial charge in [0.1, 0.15) is 11.2 Å². The first-order valence-electron chi connectivity index (χ1n) is 10.5. The molecule has 1 aliphatic carbocycles. The third-order valence-electron chi connectivity index (χ3n) is 5.71. The first kappa shape index (κ1) is 19.1. The summed E-state index contributed by atoms with van der Waals surface area (Å²) in [7, 11) is 0. The van der Waals surface area contributed by atoms with Crippen molar-refractivity contribution in [3.8, 4) is 22.6 Å². The van der Waals surface area contributed by atoms with E-state index in [0.717, 1.165) is 29.4 Å². The molecule has 0 bridgehead atoms. The molecule has 0 radical (unpaired) electrons. The normalized spacial score (nSPS) is 13.5. The number of aromatic nitrogens is 6. The van der Waals surface area contributed by atoms with Crippen LogP contribution in [-0.4, -0.2) is 41.9 Å². The van der Waals surface area contributed by atoms with Crippen LogP contribution in [0, 0.1) is 5.92 Å². The Balaban J connectivity index is 1.40. The van der Waals surface area contributed by atoms with Gasteiger partial charge in [-0.25, -0.2) is 9.97 Å². The number of imidazole rings is 1. The second-order valence-corrected chi connectivity index (χ2v) is 8.07. The summed E-state index contributed by atoms with van der Waals surface area (Å²) in [6.45, 7) is 0. The van der Waals surface area contributed by atoms with Crippen LogP contribution in [-0.2, 0) is 4.79 Å². The zero-order valence-corrected chi connectivity index (χ0v) is 17.3. The highest BCUT2D eigenvalue weighted by Gasteiger charge is 2.29. The Hall–Kier alpha value is -4.60. The van der Waals surface area contributed by atoms with Crippen LogP contribution in [0.15, 0.2) is 48.9 Å². The van der Waals surface area contributed by atoms with E-state index in [9.17, 15) is 9.59 Å². The quantitative estimate of drug-likeness (QED) is 0.330. The van der Waals surface area contributed by atoms with Crippen LogP contribution in [0.25, 0.3) is 44.7 Å². The highest BCUT2D eigenvalue weighted by Crippen LogP contribution is 2.32. The molecule has 5 N–H and O–H groups in total. The van der Waals surface area contributed by atoms with E-state index in [2.05, 4.69) is 35.5 Å². The van der Waals surface area contributed by atoms with E-state index >= 15 is 0 Å². The smallest absolute Gasteiger partial charge is 0.250 e. The summed E-state index contributed by atoms with van der Waals surface area (Å²) in [4.78, 5) is 40.4. The summed E-state index contributed by atoms with van der Waals surface area (Å²) in [6.07, 6.45) is 6.94. The van der Waals surface area contributed by atoms with Gasteiger partial charge in [-0.15, -0.1) is 0 Å². The molecule has 162 valence electrons. The number of amides is 2. The van der Waals surface area contributed by atoms with Crippen LogP contribution < -0.4 is 11.1 Å². The maximum absolute atomic E-state index is 12.1. The molecular weight excluding hydrogens is 420 g/mol. The molecule has 4 heterocycles. The summed E-state index contributed by atoms with van der Waals surface area (Å²) in [5.41, 5.74) is 10.4. The third kappa shape index (κ3) is 3.37. The van der Waals surface area contributed by atoms with Gasteiger partial charge in [0.15, 0.2) is 11.5 Å². The van der Waals surface area contributed by atoms with Crippen molar-refractivity contribution in [1.29, 1.82) is 0 Å². The number of fused-ring (bicyclic) bond motifs is 2. The molecule has 1 aliphatic rings.